The lowest BCUT2D eigenvalue weighted by atomic mass is 10.2. The molecule has 0 aliphatic rings. The Bertz CT molecular complexity index is 501. The fourth-order valence-electron chi connectivity index (χ4n) is 1.29. The molecule has 16 heavy (non-hydrogen) atoms. The Morgan fingerprint density at radius 3 is 3.00 bits per heavy atom. The van der Waals surface area contributed by atoms with E-state index in [-0.39, 0.29) is 5.78 Å². The molecule has 0 aromatic carbocycles. The van der Waals surface area contributed by atoms with Crippen LogP contribution in [0.4, 0.5) is 0 Å². The molecule has 0 aliphatic heterocycles. The molecule has 3 nitrogen and oxygen atoms in total. The van der Waals surface area contributed by atoms with Gasteiger partial charge in [0, 0.05) is 18.1 Å². The van der Waals surface area contributed by atoms with Crippen molar-refractivity contribution < 1.29 is 13.9 Å². The van der Waals surface area contributed by atoms with Crippen molar-refractivity contribution in [2.75, 3.05) is 7.11 Å². The van der Waals surface area contributed by atoms with Crippen LogP contribution in [0.5, 0.6) is 0 Å². The molecule has 84 valence electrons. The van der Waals surface area contributed by atoms with Gasteiger partial charge in [0.25, 0.3) is 0 Å². The average Bonchev–Trinajstić information content (AvgIpc) is 2.87. The van der Waals surface area contributed by atoms with Gasteiger partial charge < -0.3 is 9.15 Å². The van der Waals surface area contributed by atoms with E-state index in [1.807, 2.05) is 11.4 Å². The summed E-state index contributed by atoms with van der Waals surface area (Å²) in [5.41, 5.74) is 0.674. The van der Waals surface area contributed by atoms with Crippen molar-refractivity contribution in [1.29, 1.82) is 0 Å². The van der Waals surface area contributed by atoms with Gasteiger partial charge in [-0.3, -0.25) is 4.79 Å². The maximum atomic E-state index is 11.9. The number of furan rings is 1. The van der Waals surface area contributed by atoms with E-state index in [0.717, 1.165) is 2.88 Å². The van der Waals surface area contributed by atoms with Crippen LogP contribution in [0.3, 0.4) is 0 Å². The summed E-state index contributed by atoms with van der Waals surface area (Å²) in [4.78, 5) is 11.9. The van der Waals surface area contributed by atoms with E-state index in [1.165, 1.54) is 0 Å². The SMILES string of the molecule is COCc1ccc(C(=O)c2csc(I)c2)o1. The van der Waals surface area contributed by atoms with Crippen molar-refractivity contribution in [2.45, 2.75) is 6.61 Å². The number of rotatable bonds is 4. The van der Waals surface area contributed by atoms with Gasteiger partial charge >= 0.3 is 0 Å². The molecule has 0 saturated heterocycles. The normalized spacial score (nSPS) is 10.6. The Hall–Kier alpha value is -0.660. The largest absolute Gasteiger partial charge is 0.455 e. The molecule has 0 radical (unpaired) electrons. The van der Waals surface area contributed by atoms with Crippen molar-refractivity contribution >= 4 is 39.7 Å². The van der Waals surface area contributed by atoms with Crippen LogP contribution in [0.25, 0.3) is 0 Å². The van der Waals surface area contributed by atoms with Gasteiger partial charge in [0.15, 0.2) is 5.76 Å². The number of carbonyl (C=O) groups is 1. The van der Waals surface area contributed by atoms with E-state index >= 15 is 0 Å². The van der Waals surface area contributed by atoms with E-state index in [4.69, 9.17) is 9.15 Å². The minimum Gasteiger partial charge on any atom is -0.455 e. The third-order valence-electron chi connectivity index (χ3n) is 2.00. The van der Waals surface area contributed by atoms with Crippen LogP contribution in [0.1, 0.15) is 21.9 Å². The second-order valence-corrected chi connectivity index (χ2v) is 5.97. The summed E-state index contributed by atoms with van der Waals surface area (Å²) in [5, 5.41) is 1.84. The quantitative estimate of drug-likeness (QED) is 0.629. The molecule has 2 aromatic rings. The zero-order chi connectivity index (χ0) is 11.5. The molecule has 0 N–H and O–H groups in total. The second-order valence-electron chi connectivity index (χ2n) is 3.17. The Labute approximate surface area is 111 Å². The highest BCUT2D eigenvalue weighted by atomic mass is 127. The maximum absolute atomic E-state index is 11.9. The maximum Gasteiger partial charge on any atom is 0.229 e. The van der Waals surface area contributed by atoms with Crippen molar-refractivity contribution in [1.82, 2.24) is 0 Å². The first kappa shape index (κ1) is 11.8. The predicted octanol–water partition coefficient (Wildman–Crippen LogP) is 3.32. The molecule has 2 heterocycles. The third-order valence-corrected chi connectivity index (χ3v) is 3.79. The molecule has 0 atom stereocenters. The molecular weight excluding hydrogens is 339 g/mol. The molecule has 2 aromatic heterocycles. The number of methoxy groups -OCH3 is 1. The molecular formula is C11H9IO3S. The Morgan fingerprint density at radius 2 is 2.38 bits per heavy atom. The van der Waals surface area contributed by atoms with Crippen LogP contribution in [-0.4, -0.2) is 12.9 Å². The summed E-state index contributed by atoms with van der Waals surface area (Å²) in [7, 11) is 1.59. The smallest absolute Gasteiger partial charge is 0.229 e. The second kappa shape index (κ2) is 5.11. The van der Waals surface area contributed by atoms with Crippen LogP contribution in [0.15, 0.2) is 28.0 Å². The van der Waals surface area contributed by atoms with Gasteiger partial charge in [-0.15, -0.1) is 11.3 Å². The summed E-state index contributed by atoms with van der Waals surface area (Å²) in [6.07, 6.45) is 0. The van der Waals surface area contributed by atoms with Gasteiger partial charge in [0.05, 0.1) is 2.88 Å². The molecule has 0 aliphatic carbocycles. The van der Waals surface area contributed by atoms with E-state index in [2.05, 4.69) is 22.6 Å². The fourth-order valence-corrected chi connectivity index (χ4v) is 2.62. The highest BCUT2D eigenvalue weighted by molar-refractivity contribution is 14.1. The summed E-state index contributed by atoms with van der Waals surface area (Å²) in [6.45, 7) is 0.383. The molecule has 0 unspecified atom stereocenters. The lowest BCUT2D eigenvalue weighted by molar-refractivity contribution is 0.100. The van der Waals surface area contributed by atoms with Crippen LogP contribution < -0.4 is 0 Å². The van der Waals surface area contributed by atoms with Crippen LogP contribution in [0, 0.1) is 2.88 Å². The van der Waals surface area contributed by atoms with Gasteiger partial charge in [-0.05, 0) is 40.8 Å². The van der Waals surface area contributed by atoms with E-state index in [9.17, 15) is 4.79 Å². The van der Waals surface area contributed by atoms with E-state index in [0.29, 0.717) is 23.7 Å². The Kier molecular flexibility index (Phi) is 3.78. The summed E-state index contributed by atoms with van der Waals surface area (Å²) in [5.74, 6) is 0.943. The highest BCUT2D eigenvalue weighted by Crippen LogP contribution is 2.20. The number of hydrogen-bond donors (Lipinski definition) is 0. The first-order valence-corrected chi connectivity index (χ1v) is 6.53. The third kappa shape index (κ3) is 2.53. The van der Waals surface area contributed by atoms with Crippen molar-refractivity contribution in [3.8, 4) is 0 Å². The van der Waals surface area contributed by atoms with Gasteiger partial charge in [0.2, 0.25) is 5.78 Å². The van der Waals surface area contributed by atoms with E-state index < -0.39 is 0 Å². The Balaban J connectivity index is 2.20. The zero-order valence-corrected chi connectivity index (χ0v) is 11.5. The number of ether oxygens (including phenoxy) is 1. The van der Waals surface area contributed by atoms with Crippen LogP contribution in [0.2, 0.25) is 0 Å². The first-order valence-electron chi connectivity index (χ1n) is 4.57. The minimum absolute atomic E-state index is 0.0819. The Morgan fingerprint density at radius 1 is 1.56 bits per heavy atom. The van der Waals surface area contributed by atoms with Crippen LogP contribution in [-0.2, 0) is 11.3 Å². The molecule has 0 spiro atoms. The lowest BCUT2D eigenvalue weighted by Gasteiger charge is -1.94. The molecule has 5 heteroatoms. The van der Waals surface area contributed by atoms with Crippen LogP contribution >= 0.6 is 33.9 Å². The molecule has 0 bridgehead atoms. The van der Waals surface area contributed by atoms with E-state index in [1.54, 1.807) is 30.6 Å². The van der Waals surface area contributed by atoms with Crippen molar-refractivity contribution in [3.63, 3.8) is 0 Å². The molecule has 0 amide bonds. The minimum atomic E-state index is -0.0819. The number of hydrogen-bond acceptors (Lipinski definition) is 4. The zero-order valence-electron chi connectivity index (χ0n) is 8.53. The number of carbonyl (C=O) groups excluding carboxylic acids is 1. The fraction of sp³-hybridized carbons (Fsp3) is 0.182. The number of halogens is 1. The molecule has 0 fully saturated rings. The van der Waals surface area contributed by atoms with Gasteiger partial charge in [-0.2, -0.15) is 0 Å². The van der Waals surface area contributed by atoms with Crippen molar-refractivity contribution in [2.24, 2.45) is 0 Å². The van der Waals surface area contributed by atoms with Gasteiger partial charge in [-0.25, -0.2) is 0 Å². The summed E-state index contributed by atoms with van der Waals surface area (Å²) >= 11 is 3.73. The number of thiophene rings is 1. The molecule has 2 rings (SSSR count). The highest BCUT2D eigenvalue weighted by Gasteiger charge is 2.14. The monoisotopic (exact) mass is 348 g/mol. The summed E-state index contributed by atoms with van der Waals surface area (Å²) < 4.78 is 11.4. The lowest BCUT2D eigenvalue weighted by Crippen LogP contribution is -1.97. The standard InChI is InChI=1S/C11H9IO3S/c1-14-5-8-2-3-9(15-8)11(13)7-4-10(12)16-6-7/h2-4,6H,5H2,1H3. The van der Waals surface area contributed by atoms with Crippen molar-refractivity contribution in [3.05, 3.63) is 43.5 Å². The van der Waals surface area contributed by atoms with Gasteiger partial charge in [0.1, 0.15) is 12.4 Å². The first-order chi connectivity index (χ1) is 7.70. The predicted molar refractivity (Wildman–Crippen MR) is 69.9 cm³/mol. The van der Waals surface area contributed by atoms with Gasteiger partial charge in [-0.1, -0.05) is 0 Å². The average molecular weight is 348 g/mol. The molecule has 0 saturated carbocycles. The summed E-state index contributed by atoms with van der Waals surface area (Å²) in [6, 6.07) is 5.29. The number of ketones is 1. The topological polar surface area (TPSA) is 39.4 Å².